The molecule has 2 nitrogen and oxygen atoms in total. The summed E-state index contributed by atoms with van der Waals surface area (Å²) in [5, 5.41) is 0.882. The van der Waals surface area contributed by atoms with E-state index in [1.807, 2.05) is 0 Å². The van der Waals surface area contributed by atoms with E-state index in [-0.39, 0.29) is 0 Å². The highest BCUT2D eigenvalue weighted by Crippen LogP contribution is 2.26. The molecule has 0 bridgehead atoms. The molecule has 1 unspecified atom stereocenters. The Morgan fingerprint density at radius 1 is 1.47 bits per heavy atom. The molecule has 0 amide bonds. The van der Waals surface area contributed by atoms with Crippen LogP contribution in [0.15, 0.2) is 22.7 Å². The van der Waals surface area contributed by atoms with E-state index in [1.54, 1.807) is 0 Å². The highest BCUT2D eigenvalue weighted by molar-refractivity contribution is 9.10. The lowest BCUT2D eigenvalue weighted by molar-refractivity contribution is 0.0821. The number of hydrogen-bond acceptors (Lipinski definition) is 2. The molecule has 1 aliphatic rings. The molecule has 4 heteroatoms. The zero-order valence-electron chi connectivity index (χ0n) is 9.96. The molecule has 0 N–H and O–H groups in total. The second-order valence-electron chi connectivity index (χ2n) is 4.39. The Hall–Kier alpha value is -0.0600. The van der Waals surface area contributed by atoms with E-state index in [1.165, 1.54) is 15.7 Å². The zero-order chi connectivity index (χ0) is 12.3. The Morgan fingerprint density at radius 2 is 2.29 bits per heavy atom. The highest BCUT2D eigenvalue weighted by Gasteiger charge is 2.15. The summed E-state index contributed by atoms with van der Waals surface area (Å²) in [5.74, 6) is 0. The van der Waals surface area contributed by atoms with Gasteiger partial charge in [-0.25, -0.2) is 0 Å². The molecule has 1 atom stereocenters. The van der Waals surface area contributed by atoms with Crippen molar-refractivity contribution >= 4 is 37.5 Å². The lowest BCUT2D eigenvalue weighted by atomic mass is 10.2. The SMILES string of the molecule is CC1CN(c2ccc(CBr)c(Br)c2)CCCO1. The van der Waals surface area contributed by atoms with Crippen LogP contribution >= 0.6 is 31.9 Å². The largest absolute Gasteiger partial charge is 0.377 e. The van der Waals surface area contributed by atoms with Crippen molar-refractivity contribution in [3.05, 3.63) is 28.2 Å². The van der Waals surface area contributed by atoms with Gasteiger partial charge in [-0.3, -0.25) is 0 Å². The topological polar surface area (TPSA) is 12.5 Å². The van der Waals surface area contributed by atoms with Gasteiger partial charge in [0, 0.05) is 35.2 Å². The molecule has 0 aromatic heterocycles. The maximum absolute atomic E-state index is 5.67. The molecule has 94 valence electrons. The zero-order valence-corrected chi connectivity index (χ0v) is 13.1. The molecule has 17 heavy (non-hydrogen) atoms. The predicted molar refractivity (Wildman–Crippen MR) is 79.0 cm³/mol. The normalized spacial score (nSPS) is 21.4. The second-order valence-corrected chi connectivity index (χ2v) is 5.81. The van der Waals surface area contributed by atoms with Crippen molar-refractivity contribution < 1.29 is 4.74 Å². The van der Waals surface area contributed by atoms with Gasteiger partial charge in [0.25, 0.3) is 0 Å². The van der Waals surface area contributed by atoms with Crippen LogP contribution in [0.1, 0.15) is 18.9 Å². The molecule has 1 fully saturated rings. The maximum Gasteiger partial charge on any atom is 0.0721 e. The molecule has 1 saturated heterocycles. The van der Waals surface area contributed by atoms with Crippen molar-refractivity contribution in [2.24, 2.45) is 0 Å². The van der Waals surface area contributed by atoms with Crippen molar-refractivity contribution in [1.82, 2.24) is 0 Å². The van der Waals surface area contributed by atoms with Crippen LogP contribution in [-0.2, 0) is 10.1 Å². The standard InChI is InChI=1S/C13H17Br2NO/c1-10-9-16(5-2-6-17-10)12-4-3-11(8-14)13(15)7-12/h3-4,7,10H,2,5-6,8-9H2,1H3. The number of nitrogens with zero attached hydrogens (tertiary/aromatic N) is 1. The number of alkyl halides is 1. The summed E-state index contributed by atoms with van der Waals surface area (Å²) in [5.41, 5.74) is 2.56. The smallest absolute Gasteiger partial charge is 0.0721 e. The molecular weight excluding hydrogens is 346 g/mol. The van der Waals surface area contributed by atoms with Crippen molar-refractivity contribution in [2.45, 2.75) is 24.8 Å². The Labute approximate surface area is 120 Å². The minimum atomic E-state index is 0.312. The molecule has 0 spiro atoms. The van der Waals surface area contributed by atoms with Gasteiger partial charge in [-0.05, 0) is 31.0 Å². The van der Waals surface area contributed by atoms with Gasteiger partial charge in [0.05, 0.1) is 6.10 Å². The third kappa shape index (κ3) is 3.46. The Morgan fingerprint density at radius 3 is 3.00 bits per heavy atom. The molecule has 0 aliphatic carbocycles. The number of hydrogen-bond donors (Lipinski definition) is 0. The van der Waals surface area contributed by atoms with Crippen LogP contribution in [0.5, 0.6) is 0 Å². The molecule has 1 heterocycles. The van der Waals surface area contributed by atoms with E-state index in [4.69, 9.17) is 4.74 Å². The van der Waals surface area contributed by atoms with Crippen LogP contribution in [0.2, 0.25) is 0 Å². The van der Waals surface area contributed by atoms with Gasteiger partial charge >= 0.3 is 0 Å². The minimum absolute atomic E-state index is 0.312. The van der Waals surface area contributed by atoms with Gasteiger partial charge in [0.1, 0.15) is 0 Å². The van der Waals surface area contributed by atoms with Crippen molar-refractivity contribution in [1.29, 1.82) is 0 Å². The van der Waals surface area contributed by atoms with Crippen LogP contribution in [0.4, 0.5) is 5.69 Å². The van der Waals surface area contributed by atoms with E-state index in [9.17, 15) is 0 Å². The average molecular weight is 363 g/mol. The first-order valence-corrected chi connectivity index (χ1v) is 7.83. The van der Waals surface area contributed by atoms with Crippen molar-refractivity contribution in [2.75, 3.05) is 24.6 Å². The highest BCUT2D eigenvalue weighted by atomic mass is 79.9. The molecule has 0 saturated carbocycles. The van der Waals surface area contributed by atoms with E-state index in [0.717, 1.165) is 31.4 Å². The second kappa shape index (κ2) is 6.21. The quantitative estimate of drug-likeness (QED) is 0.738. The number of ether oxygens (including phenoxy) is 1. The first-order chi connectivity index (χ1) is 8.20. The summed E-state index contributed by atoms with van der Waals surface area (Å²) in [6, 6.07) is 6.57. The number of halogens is 2. The van der Waals surface area contributed by atoms with Crippen molar-refractivity contribution in [3.8, 4) is 0 Å². The van der Waals surface area contributed by atoms with Crippen LogP contribution < -0.4 is 4.90 Å². The Kier molecular flexibility index (Phi) is 4.88. The summed E-state index contributed by atoms with van der Waals surface area (Å²) in [6.45, 7) is 5.06. The Balaban J connectivity index is 2.17. The van der Waals surface area contributed by atoms with Gasteiger partial charge in [0.2, 0.25) is 0 Å². The molecule has 1 aliphatic heterocycles. The maximum atomic E-state index is 5.67. The third-order valence-corrected chi connectivity index (χ3v) is 4.34. The van der Waals surface area contributed by atoms with Gasteiger partial charge in [0.15, 0.2) is 0 Å². The average Bonchev–Trinajstić information content (AvgIpc) is 2.54. The van der Waals surface area contributed by atoms with Crippen LogP contribution in [0, 0.1) is 0 Å². The molecule has 0 radical (unpaired) electrons. The molecular formula is C13H17Br2NO. The third-order valence-electron chi connectivity index (χ3n) is 3.00. The molecule has 1 aromatic rings. The van der Waals surface area contributed by atoms with Gasteiger partial charge in [-0.2, -0.15) is 0 Å². The summed E-state index contributed by atoms with van der Waals surface area (Å²) in [6.07, 6.45) is 1.41. The minimum Gasteiger partial charge on any atom is -0.377 e. The first kappa shape index (κ1) is 13.4. The molecule has 2 rings (SSSR count). The van der Waals surface area contributed by atoms with Gasteiger partial charge < -0.3 is 9.64 Å². The van der Waals surface area contributed by atoms with E-state index in [2.05, 4.69) is 61.9 Å². The fourth-order valence-electron chi connectivity index (χ4n) is 2.07. The first-order valence-electron chi connectivity index (χ1n) is 5.91. The fourth-order valence-corrected chi connectivity index (χ4v) is 3.44. The van der Waals surface area contributed by atoms with E-state index in [0.29, 0.717) is 6.10 Å². The number of benzene rings is 1. The predicted octanol–water partition coefficient (Wildman–Crippen LogP) is 3.96. The van der Waals surface area contributed by atoms with E-state index >= 15 is 0 Å². The van der Waals surface area contributed by atoms with Crippen LogP contribution in [0.25, 0.3) is 0 Å². The monoisotopic (exact) mass is 361 g/mol. The lowest BCUT2D eigenvalue weighted by Crippen LogP contribution is -2.30. The lowest BCUT2D eigenvalue weighted by Gasteiger charge is -2.24. The van der Waals surface area contributed by atoms with Crippen LogP contribution in [-0.4, -0.2) is 25.8 Å². The fraction of sp³-hybridized carbons (Fsp3) is 0.538. The summed E-state index contributed by atoms with van der Waals surface area (Å²) in [7, 11) is 0. The van der Waals surface area contributed by atoms with Gasteiger partial charge in [-0.15, -0.1) is 0 Å². The summed E-state index contributed by atoms with van der Waals surface area (Å²) in [4.78, 5) is 2.40. The Bertz CT molecular complexity index is 384. The van der Waals surface area contributed by atoms with E-state index < -0.39 is 0 Å². The number of rotatable bonds is 2. The summed E-state index contributed by atoms with van der Waals surface area (Å²) < 4.78 is 6.84. The summed E-state index contributed by atoms with van der Waals surface area (Å²) >= 11 is 7.11. The number of anilines is 1. The van der Waals surface area contributed by atoms with Gasteiger partial charge in [-0.1, -0.05) is 37.9 Å². The molecule has 1 aromatic carbocycles. The van der Waals surface area contributed by atoms with Crippen LogP contribution in [0.3, 0.4) is 0 Å². The van der Waals surface area contributed by atoms with Crippen molar-refractivity contribution in [3.63, 3.8) is 0 Å².